The lowest BCUT2D eigenvalue weighted by atomic mass is 10.0. The quantitative estimate of drug-likeness (QED) is 0.912. The van der Waals surface area contributed by atoms with Crippen LogP contribution in [0.2, 0.25) is 5.02 Å². The van der Waals surface area contributed by atoms with E-state index in [-0.39, 0.29) is 0 Å². The summed E-state index contributed by atoms with van der Waals surface area (Å²) in [7, 11) is 0. The largest absolute Gasteiger partial charge is 0.488 e. The summed E-state index contributed by atoms with van der Waals surface area (Å²) in [6.07, 6.45) is 1.17. The number of ether oxygens (including phenoxy) is 1. The smallest absolute Gasteiger partial charge is 0.137 e. The Bertz CT molecular complexity index is 567. The van der Waals surface area contributed by atoms with E-state index in [2.05, 4.69) is 24.3 Å². The van der Waals surface area contributed by atoms with Gasteiger partial charge in [0.1, 0.15) is 25.4 Å². The topological polar surface area (TPSA) is 13.7 Å². The summed E-state index contributed by atoms with van der Waals surface area (Å²) in [5.74, 6) is 0.895. The zero-order chi connectivity index (χ0) is 13.8. The zero-order valence-corrected chi connectivity index (χ0v) is 12.2. The van der Waals surface area contributed by atoms with Crippen LogP contribution in [0.1, 0.15) is 11.1 Å². The Labute approximate surface area is 124 Å². The van der Waals surface area contributed by atoms with Crippen molar-refractivity contribution < 1.29 is 9.64 Å². The first-order valence-electron chi connectivity index (χ1n) is 7.10. The van der Waals surface area contributed by atoms with Crippen LogP contribution in [0.4, 0.5) is 0 Å². The highest BCUT2D eigenvalue weighted by molar-refractivity contribution is 6.30. The first-order chi connectivity index (χ1) is 9.81. The van der Waals surface area contributed by atoms with Gasteiger partial charge in [0.05, 0.1) is 6.54 Å². The number of quaternary nitrogens is 1. The molecule has 1 unspecified atom stereocenters. The van der Waals surface area contributed by atoms with Crippen molar-refractivity contribution in [2.75, 3.05) is 19.7 Å². The molecule has 1 atom stereocenters. The average molecular weight is 289 g/mol. The first kappa shape index (κ1) is 13.5. The van der Waals surface area contributed by atoms with E-state index in [9.17, 15) is 0 Å². The number of benzene rings is 2. The molecule has 2 aromatic rings. The predicted octanol–water partition coefficient (Wildman–Crippen LogP) is 2.36. The third-order valence-electron chi connectivity index (χ3n) is 3.84. The molecular formula is C17H19ClNO+. The van der Waals surface area contributed by atoms with Gasteiger partial charge in [-0.05, 0) is 29.8 Å². The van der Waals surface area contributed by atoms with Crippen LogP contribution < -0.4 is 9.64 Å². The maximum atomic E-state index is 5.86. The van der Waals surface area contributed by atoms with Crippen molar-refractivity contribution in [3.8, 4) is 5.75 Å². The second-order valence-electron chi connectivity index (χ2n) is 5.25. The Balaban J connectivity index is 1.49. The molecular weight excluding hydrogens is 270 g/mol. The van der Waals surface area contributed by atoms with Gasteiger partial charge in [-0.1, -0.05) is 35.9 Å². The highest BCUT2D eigenvalue weighted by atomic mass is 35.5. The van der Waals surface area contributed by atoms with Crippen molar-refractivity contribution in [1.29, 1.82) is 0 Å². The second kappa shape index (κ2) is 6.29. The number of hydrogen-bond acceptors (Lipinski definition) is 1. The molecule has 0 radical (unpaired) electrons. The summed E-state index contributed by atoms with van der Waals surface area (Å²) >= 11 is 5.86. The third-order valence-corrected chi connectivity index (χ3v) is 4.10. The standard InChI is InChI=1S/C17H18ClNO/c18-16-5-7-17(8-6-16)20-12-11-19-10-9-14-3-1-2-4-15(14)13-19/h1-8H,9-13H2/p+1. The summed E-state index contributed by atoms with van der Waals surface area (Å²) in [5, 5.41) is 0.746. The summed E-state index contributed by atoms with van der Waals surface area (Å²) < 4.78 is 5.77. The molecule has 1 aliphatic rings. The van der Waals surface area contributed by atoms with Crippen LogP contribution in [0.3, 0.4) is 0 Å². The van der Waals surface area contributed by atoms with Crippen LogP contribution in [0.15, 0.2) is 48.5 Å². The summed E-state index contributed by atoms with van der Waals surface area (Å²) in [6, 6.07) is 16.3. The van der Waals surface area contributed by atoms with Crippen LogP contribution in [-0.2, 0) is 13.0 Å². The van der Waals surface area contributed by atoms with Crippen LogP contribution in [0.25, 0.3) is 0 Å². The number of fused-ring (bicyclic) bond motifs is 1. The van der Waals surface area contributed by atoms with Gasteiger partial charge in [0.15, 0.2) is 0 Å². The number of halogens is 1. The predicted molar refractivity (Wildman–Crippen MR) is 81.5 cm³/mol. The van der Waals surface area contributed by atoms with E-state index in [0.29, 0.717) is 0 Å². The highest BCUT2D eigenvalue weighted by Crippen LogP contribution is 2.15. The summed E-state index contributed by atoms with van der Waals surface area (Å²) in [6.45, 7) is 4.09. The molecule has 0 bridgehead atoms. The monoisotopic (exact) mass is 288 g/mol. The van der Waals surface area contributed by atoms with Gasteiger partial charge in [-0.2, -0.15) is 0 Å². The molecule has 104 valence electrons. The normalized spacial score (nSPS) is 17.6. The molecule has 3 rings (SSSR count). The summed E-state index contributed by atoms with van der Waals surface area (Å²) in [4.78, 5) is 1.60. The molecule has 0 aromatic heterocycles. The second-order valence-corrected chi connectivity index (χ2v) is 5.68. The molecule has 1 aliphatic heterocycles. The SMILES string of the molecule is Clc1ccc(OCC[NH+]2CCc3ccccc3C2)cc1. The zero-order valence-electron chi connectivity index (χ0n) is 11.4. The highest BCUT2D eigenvalue weighted by Gasteiger charge is 2.18. The first-order valence-corrected chi connectivity index (χ1v) is 7.48. The van der Waals surface area contributed by atoms with E-state index in [1.165, 1.54) is 24.1 Å². The van der Waals surface area contributed by atoms with Gasteiger partial charge in [0.2, 0.25) is 0 Å². The van der Waals surface area contributed by atoms with E-state index >= 15 is 0 Å². The molecule has 0 saturated carbocycles. The molecule has 0 saturated heterocycles. The van der Waals surface area contributed by atoms with Gasteiger partial charge in [-0.3, -0.25) is 0 Å². The van der Waals surface area contributed by atoms with Crippen molar-refractivity contribution in [2.45, 2.75) is 13.0 Å². The fraction of sp³-hybridized carbons (Fsp3) is 0.294. The van der Waals surface area contributed by atoms with Gasteiger partial charge in [-0.15, -0.1) is 0 Å². The maximum Gasteiger partial charge on any atom is 0.137 e. The minimum absolute atomic E-state index is 0.746. The molecule has 20 heavy (non-hydrogen) atoms. The Hall–Kier alpha value is -1.51. The van der Waals surface area contributed by atoms with Crippen LogP contribution in [-0.4, -0.2) is 19.7 Å². The van der Waals surface area contributed by atoms with Crippen LogP contribution in [0.5, 0.6) is 5.75 Å². The van der Waals surface area contributed by atoms with Gasteiger partial charge >= 0.3 is 0 Å². The Kier molecular flexibility index (Phi) is 4.24. The van der Waals surface area contributed by atoms with E-state index in [1.807, 2.05) is 24.3 Å². The van der Waals surface area contributed by atoms with Crippen LogP contribution >= 0.6 is 11.6 Å². The molecule has 0 fully saturated rings. The third kappa shape index (κ3) is 3.33. The molecule has 1 N–H and O–H groups in total. The van der Waals surface area contributed by atoms with Gasteiger partial charge in [0, 0.05) is 17.0 Å². The minimum atomic E-state index is 0.746. The van der Waals surface area contributed by atoms with E-state index in [0.717, 1.165) is 30.5 Å². The molecule has 1 heterocycles. The van der Waals surface area contributed by atoms with Crippen LogP contribution in [0, 0.1) is 0 Å². The molecule has 2 nitrogen and oxygen atoms in total. The molecule has 0 amide bonds. The van der Waals surface area contributed by atoms with E-state index in [1.54, 1.807) is 4.90 Å². The fourth-order valence-electron chi connectivity index (χ4n) is 2.70. The fourth-order valence-corrected chi connectivity index (χ4v) is 2.83. The lowest BCUT2D eigenvalue weighted by Gasteiger charge is -2.25. The van der Waals surface area contributed by atoms with Crippen molar-refractivity contribution in [3.63, 3.8) is 0 Å². The van der Waals surface area contributed by atoms with Crippen molar-refractivity contribution in [3.05, 3.63) is 64.7 Å². The number of hydrogen-bond donors (Lipinski definition) is 1. The minimum Gasteiger partial charge on any atom is -0.488 e. The van der Waals surface area contributed by atoms with Crippen molar-refractivity contribution in [1.82, 2.24) is 0 Å². The average Bonchev–Trinajstić information content (AvgIpc) is 2.49. The Morgan fingerprint density at radius 2 is 1.75 bits per heavy atom. The van der Waals surface area contributed by atoms with Crippen molar-refractivity contribution >= 4 is 11.6 Å². The lowest BCUT2D eigenvalue weighted by Crippen LogP contribution is -3.12. The maximum absolute atomic E-state index is 5.86. The molecule has 2 aromatic carbocycles. The van der Waals surface area contributed by atoms with E-state index < -0.39 is 0 Å². The molecule has 0 aliphatic carbocycles. The van der Waals surface area contributed by atoms with Gasteiger partial charge in [-0.25, -0.2) is 0 Å². The van der Waals surface area contributed by atoms with Gasteiger partial charge in [0.25, 0.3) is 0 Å². The molecule has 0 spiro atoms. The van der Waals surface area contributed by atoms with Gasteiger partial charge < -0.3 is 9.64 Å². The van der Waals surface area contributed by atoms with Crippen molar-refractivity contribution in [2.24, 2.45) is 0 Å². The molecule has 3 heteroatoms. The number of rotatable bonds is 4. The number of nitrogens with one attached hydrogen (secondary N) is 1. The lowest BCUT2D eigenvalue weighted by molar-refractivity contribution is -0.915. The summed E-state index contributed by atoms with van der Waals surface area (Å²) in [5.41, 5.74) is 3.00. The Morgan fingerprint density at radius 3 is 2.55 bits per heavy atom. The van der Waals surface area contributed by atoms with E-state index in [4.69, 9.17) is 16.3 Å². The Morgan fingerprint density at radius 1 is 1.00 bits per heavy atom.